The normalized spacial score (nSPS) is 19.4. The van der Waals surface area contributed by atoms with Crippen molar-refractivity contribution in [2.45, 2.75) is 61.4 Å². The van der Waals surface area contributed by atoms with Gasteiger partial charge in [0.25, 0.3) is 9.84 Å². The molecule has 1 saturated carbocycles. The number of nitrogens with zero attached hydrogens (tertiary/aromatic N) is 1. The fourth-order valence-corrected chi connectivity index (χ4v) is 4.61. The van der Waals surface area contributed by atoms with Crippen LogP contribution in [0.3, 0.4) is 0 Å². The minimum Gasteiger partial charge on any atom is -0.312 e. The fourth-order valence-electron chi connectivity index (χ4n) is 2.49. The minimum absolute atomic E-state index is 0.00529. The first-order chi connectivity index (χ1) is 13.3. The van der Waals surface area contributed by atoms with E-state index in [1.807, 2.05) is 0 Å². The molecule has 0 amide bonds. The highest BCUT2D eigenvalue weighted by Crippen LogP contribution is 2.54. The molecule has 17 heteroatoms. The van der Waals surface area contributed by atoms with Crippen LogP contribution < -0.4 is 5.32 Å². The Kier molecular flexibility index (Phi) is 8.17. The van der Waals surface area contributed by atoms with E-state index >= 15 is 0 Å². The molecule has 0 unspecified atom stereocenters. The van der Waals surface area contributed by atoms with Crippen molar-refractivity contribution in [3.8, 4) is 0 Å². The SMILES string of the molecule is O=S(=O)(C=NS(O)(O)CCNC1CCCCC1)C(F)(F)C(F)(F)C(F)(F)C(F)(F)F. The predicted octanol–water partition coefficient (Wildman–Crippen LogP) is 4.44. The number of hydrogen-bond acceptors (Lipinski definition) is 6. The van der Waals surface area contributed by atoms with Gasteiger partial charge in [-0.05, 0) is 12.8 Å². The van der Waals surface area contributed by atoms with Gasteiger partial charge in [-0.15, -0.1) is 0 Å². The molecule has 6 nitrogen and oxygen atoms in total. The second-order valence-corrected chi connectivity index (χ2v) is 10.2. The second-order valence-electron chi connectivity index (χ2n) is 6.54. The zero-order valence-electron chi connectivity index (χ0n) is 15.0. The van der Waals surface area contributed by atoms with Crippen LogP contribution in [0, 0.1) is 0 Å². The summed E-state index contributed by atoms with van der Waals surface area (Å²) >= 11 is 0. The minimum atomic E-state index is -7.41. The van der Waals surface area contributed by atoms with E-state index in [9.17, 15) is 57.0 Å². The molecule has 0 heterocycles. The Labute approximate surface area is 167 Å². The Morgan fingerprint density at radius 1 is 0.900 bits per heavy atom. The third-order valence-electron chi connectivity index (χ3n) is 4.24. The van der Waals surface area contributed by atoms with Crippen LogP contribution in [0.2, 0.25) is 0 Å². The van der Waals surface area contributed by atoms with Gasteiger partial charge in [0.05, 0.1) is 5.75 Å². The molecule has 0 saturated heterocycles. The lowest BCUT2D eigenvalue weighted by atomic mass is 9.96. The molecule has 0 aromatic carbocycles. The van der Waals surface area contributed by atoms with Crippen molar-refractivity contribution in [3.05, 3.63) is 0 Å². The molecular formula is C13H19F9N2O4S2. The molecule has 1 aliphatic rings. The van der Waals surface area contributed by atoms with Crippen LogP contribution in [0.4, 0.5) is 39.5 Å². The summed E-state index contributed by atoms with van der Waals surface area (Å²) in [5, 5.41) is -4.11. The molecule has 3 N–H and O–H groups in total. The molecule has 0 atom stereocenters. The van der Waals surface area contributed by atoms with E-state index in [0.29, 0.717) is 0 Å². The summed E-state index contributed by atoms with van der Waals surface area (Å²) in [5.74, 6) is -15.6. The maximum Gasteiger partial charge on any atom is 0.460 e. The molecule has 0 bridgehead atoms. The number of sulfone groups is 1. The smallest absolute Gasteiger partial charge is 0.312 e. The standard InChI is InChI=1S/C13H19F9N2O4S2/c14-10(15,12(18,19)20)11(16,17)13(21,22)29(25,26)8-24-30(27,28)7-6-23-9-4-2-1-3-5-9/h8-9,23,27-28H,1-7H2. The maximum atomic E-state index is 13.5. The molecule has 0 radical (unpaired) electrons. The quantitative estimate of drug-likeness (QED) is 0.246. The zero-order valence-corrected chi connectivity index (χ0v) is 16.6. The van der Waals surface area contributed by atoms with E-state index in [4.69, 9.17) is 0 Å². The van der Waals surface area contributed by atoms with Gasteiger partial charge in [0, 0.05) is 12.6 Å². The predicted molar refractivity (Wildman–Crippen MR) is 90.9 cm³/mol. The van der Waals surface area contributed by atoms with Gasteiger partial charge in [0.1, 0.15) is 5.55 Å². The van der Waals surface area contributed by atoms with Crippen molar-refractivity contribution in [3.63, 3.8) is 0 Å². The number of alkyl halides is 9. The van der Waals surface area contributed by atoms with Gasteiger partial charge in [0.2, 0.25) is 0 Å². The van der Waals surface area contributed by atoms with E-state index in [-0.39, 0.29) is 12.6 Å². The van der Waals surface area contributed by atoms with Crippen molar-refractivity contribution >= 4 is 26.2 Å². The van der Waals surface area contributed by atoms with Gasteiger partial charge < -0.3 is 5.32 Å². The van der Waals surface area contributed by atoms with Gasteiger partial charge in [-0.1, -0.05) is 30.0 Å². The fraction of sp³-hybridized carbons (Fsp3) is 0.923. The van der Waals surface area contributed by atoms with Gasteiger partial charge in [-0.2, -0.15) is 43.9 Å². The average Bonchev–Trinajstić information content (AvgIpc) is 2.59. The van der Waals surface area contributed by atoms with Crippen molar-refractivity contribution in [1.29, 1.82) is 0 Å². The third-order valence-corrected chi connectivity index (χ3v) is 6.92. The first-order valence-electron chi connectivity index (χ1n) is 8.28. The van der Waals surface area contributed by atoms with E-state index in [2.05, 4.69) is 9.71 Å². The average molecular weight is 502 g/mol. The first-order valence-corrected chi connectivity index (χ1v) is 11.5. The Morgan fingerprint density at radius 3 is 1.87 bits per heavy atom. The van der Waals surface area contributed by atoms with Crippen LogP contribution in [0.25, 0.3) is 0 Å². The summed E-state index contributed by atoms with van der Waals surface area (Å²) in [7, 11) is -11.3. The number of nitrogens with one attached hydrogen (secondary N) is 1. The highest BCUT2D eigenvalue weighted by molar-refractivity contribution is 8.24. The summed E-state index contributed by atoms with van der Waals surface area (Å²) in [4.78, 5) is 0. The molecular weight excluding hydrogens is 483 g/mol. The molecule has 0 spiro atoms. The Bertz CT molecular complexity index is 721. The Hall–Kier alpha value is -0.780. The first kappa shape index (κ1) is 27.3. The summed E-state index contributed by atoms with van der Waals surface area (Å²) in [6, 6.07) is -0.00529. The Balaban J connectivity index is 2.93. The van der Waals surface area contributed by atoms with E-state index in [1.165, 1.54) is 0 Å². The topological polar surface area (TPSA) is 99.0 Å². The lowest BCUT2D eigenvalue weighted by Gasteiger charge is -2.32. The molecule has 30 heavy (non-hydrogen) atoms. The third kappa shape index (κ3) is 5.72. The van der Waals surface area contributed by atoms with Crippen LogP contribution in [0.15, 0.2) is 4.40 Å². The molecule has 0 aliphatic heterocycles. The number of rotatable bonds is 9. The maximum absolute atomic E-state index is 13.5. The van der Waals surface area contributed by atoms with E-state index in [0.717, 1.165) is 32.1 Å². The monoisotopic (exact) mass is 502 g/mol. The van der Waals surface area contributed by atoms with Gasteiger partial charge >= 0.3 is 23.3 Å². The molecule has 180 valence electrons. The van der Waals surface area contributed by atoms with Crippen LogP contribution >= 0.6 is 10.8 Å². The highest BCUT2D eigenvalue weighted by Gasteiger charge is 2.85. The van der Waals surface area contributed by atoms with Crippen molar-refractivity contribution in [1.82, 2.24) is 5.32 Å². The lowest BCUT2D eigenvalue weighted by molar-refractivity contribution is -0.382. The van der Waals surface area contributed by atoms with Crippen LogP contribution in [-0.4, -0.2) is 64.7 Å². The lowest BCUT2D eigenvalue weighted by Crippen LogP contribution is -2.63. The van der Waals surface area contributed by atoms with E-state index < -0.39 is 55.2 Å². The van der Waals surface area contributed by atoms with Crippen molar-refractivity contribution in [2.24, 2.45) is 4.40 Å². The molecule has 1 aliphatic carbocycles. The van der Waals surface area contributed by atoms with Gasteiger partial charge in [0.15, 0.2) is 0 Å². The largest absolute Gasteiger partial charge is 0.460 e. The molecule has 1 rings (SSSR count). The molecule has 1 fully saturated rings. The van der Waals surface area contributed by atoms with Gasteiger partial charge in [-0.3, -0.25) is 9.11 Å². The van der Waals surface area contributed by atoms with E-state index in [1.54, 1.807) is 0 Å². The summed E-state index contributed by atoms with van der Waals surface area (Å²) in [6.07, 6.45) is -2.88. The molecule has 0 aromatic rings. The highest BCUT2D eigenvalue weighted by atomic mass is 32.3. The summed E-state index contributed by atoms with van der Waals surface area (Å²) in [5.41, 5.74) is -1.14. The molecule has 0 aromatic heterocycles. The zero-order chi connectivity index (χ0) is 23.6. The number of halogens is 9. The van der Waals surface area contributed by atoms with Crippen LogP contribution in [0.1, 0.15) is 32.1 Å². The van der Waals surface area contributed by atoms with Crippen LogP contribution in [0.5, 0.6) is 0 Å². The Morgan fingerprint density at radius 2 is 1.40 bits per heavy atom. The summed E-state index contributed by atoms with van der Waals surface area (Å²) in [6.45, 7) is -0.191. The van der Waals surface area contributed by atoms with Crippen molar-refractivity contribution in [2.75, 3.05) is 12.3 Å². The van der Waals surface area contributed by atoms with Crippen molar-refractivity contribution < 1.29 is 57.0 Å². The summed E-state index contributed by atoms with van der Waals surface area (Å²) < 4.78 is 159. The van der Waals surface area contributed by atoms with Crippen LogP contribution in [-0.2, 0) is 9.84 Å². The number of hydrogen-bond donors (Lipinski definition) is 3. The van der Waals surface area contributed by atoms with Gasteiger partial charge in [-0.25, -0.2) is 8.42 Å². The second kappa shape index (κ2) is 8.99.